The minimum absolute atomic E-state index is 0.0335. The van der Waals surface area contributed by atoms with Gasteiger partial charge < -0.3 is 4.74 Å². The van der Waals surface area contributed by atoms with Gasteiger partial charge in [0.25, 0.3) is 0 Å². The van der Waals surface area contributed by atoms with Crippen LogP contribution in [-0.4, -0.2) is 30.0 Å². The molecule has 0 aromatic carbocycles. The van der Waals surface area contributed by atoms with Gasteiger partial charge in [0.2, 0.25) is 5.95 Å². The van der Waals surface area contributed by atoms with Gasteiger partial charge in [0.1, 0.15) is 17.0 Å². The summed E-state index contributed by atoms with van der Waals surface area (Å²) in [6, 6.07) is 2.63. The van der Waals surface area contributed by atoms with Gasteiger partial charge in [0.15, 0.2) is 6.29 Å². The number of nitrogens with zero attached hydrogens (tertiary/aromatic N) is 2. The lowest BCUT2D eigenvalue weighted by molar-refractivity contribution is 0.0588. The molecule has 0 fully saturated rings. The first-order valence-corrected chi connectivity index (χ1v) is 5.33. The molecule has 98 valence electrons. The minimum atomic E-state index is -0.895. The van der Waals surface area contributed by atoms with E-state index < -0.39 is 17.6 Å². The molecule has 0 saturated carbocycles. The lowest BCUT2D eigenvalue weighted by Gasteiger charge is -2.24. The number of hydrogen-bond acceptors (Lipinski definition) is 4. The van der Waals surface area contributed by atoms with Crippen molar-refractivity contribution in [2.24, 2.45) is 0 Å². The fraction of sp³-hybridized carbons (Fsp3) is 0.417. The molecule has 6 heteroatoms. The molecule has 1 amide bonds. The van der Waals surface area contributed by atoms with Crippen LogP contribution < -0.4 is 4.90 Å². The highest BCUT2D eigenvalue weighted by atomic mass is 19.1. The molecule has 1 heterocycles. The molecule has 0 unspecified atom stereocenters. The molecule has 1 aromatic rings. The predicted octanol–water partition coefficient (Wildman–Crippen LogP) is 2.40. The molecule has 0 spiro atoms. The fourth-order valence-corrected chi connectivity index (χ4v) is 1.19. The molecule has 1 aromatic heterocycles. The first kappa shape index (κ1) is 14.1. The average molecular weight is 254 g/mol. The first-order valence-electron chi connectivity index (χ1n) is 5.33. The summed E-state index contributed by atoms with van der Waals surface area (Å²) in [6.07, 6.45) is -0.262. The zero-order valence-corrected chi connectivity index (χ0v) is 10.7. The predicted molar refractivity (Wildman–Crippen MR) is 64.2 cm³/mol. The Morgan fingerprint density at radius 1 is 1.44 bits per heavy atom. The summed E-state index contributed by atoms with van der Waals surface area (Å²) in [4.78, 5) is 26.5. The molecule has 1 rings (SSSR count). The van der Waals surface area contributed by atoms with E-state index in [9.17, 15) is 14.0 Å². The summed E-state index contributed by atoms with van der Waals surface area (Å²) in [5.74, 6) is -0.895. The van der Waals surface area contributed by atoms with E-state index in [1.54, 1.807) is 20.8 Å². The molecule has 0 aliphatic heterocycles. The summed E-state index contributed by atoms with van der Waals surface area (Å²) >= 11 is 0. The van der Waals surface area contributed by atoms with Crippen LogP contribution in [0.2, 0.25) is 0 Å². The van der Waals surface area contributed by atoms with Crippen molar-refractivity contribution in [1.29, 1.82) is 0 Å². The number of carbonyl (C=O) groups is 2. The second kappa shape index (κ2) is 5.12. The van der Waals surface area contributed by atoms with Crippen LogP contribution in [0, 0.1) is 5.95 Å². The number of aromatic nitrogens is 1. The normalized spacial score (nSPS) is 10.9. The molecule has 0 N–H and O–H groups in total. The molecule has 0 atom stereocenters. The molecule has 0 radical (unpaired) electrons. The van der Waals surface area contributed by atoms with Crippen LogP contribution in [0.3, 0.4) is 0 Å². The summed E-state index contributed by atoms with van der Waals surface area (Å²) in [5.41, 5.74) is -0.749. The Balaban J connectivity index is 2.93. The first-order chi connectivity index (χ1) is 8.24. The average Bonchev–Trinajstić information content (AvgIpc) is 2.25. The van der Waals surface area contributed by atoms with Crippen LogP contribution in [0.15, 0.2) is 12.1 Å². The van der Waals surface area contributed by atoms with Gasteiger partial charge in [-0.15, -0.1) is 0 Å². The number of halogens is 1. The van der Waals surface area contributed by atoms with E-state index in [2.05, 4.69) is 4.98 Å². The van der Waals surface area contributed by atoms with Crippen molar-refractivity contribution in [3.05, 3.63) is 23.8 Å². The number of ether oxygens (including phenoxy) is 1. The molecule has 0 saturated heterocycles. The quantitative estimate of drug-likeness (QED) is 0.600. The van der Waals surface area contributed by atoms with Gasteiger partial charge in [-0.3, -0.25) is 9.69 Å². The monoisotopic (exact) mass is 254 g/mol. The van der Waals surface area contributed by atoms with Crippen LogP contribution >= 0.6 is 0 Å². The Hall–Kier alpha value is -1.98. The highest BCUT2D eigenvalue weighted by molar-refractivity contribution is 5.87. The molecule has 0 aliphatic rings. The van der Waals surface area contributed by atoms with E-state index in [4.69, 9.17) is 4.74 Å². The minimum Gasteiger partial charge on any atom is -0.443 e. The molecular formula is C12H15FN2O3. The standard InChI is InChI=1S/C12H15FN2O3/c1-12(2,3)18-11(17)15(4)9-6-5-8(7-16)14-10(9)13/h5-7H,1-4H3. The highest BCUT2D eigenvalue weighted by Gasteiger charge is 2.22. The van der Waals surface area contributed by atoms with Crippen molar-refractivity contribution in [3.63, 3.8) is 0 Å². The van der Waals surface area contributed by atoms with Crippen molar-refractivity contribution < 1.29 is 18.7 Å². The van der Waals surface area contributed by atoms with Crippen LogP contribution in [0.4, 0.5) is 14.9 Å². The number of pyridine rings is 1. The number of aldehydes is 1. The maximum absolute atomic E-state index is 13.6. The number of rotatable bonds is 2. The molecule has 0 bridgehead atoms. The molecule has 0 aliphatic carbocycles. The Labute approximate surface area is 105 Å². The highest BCUT2D eigenvalue weighted by Crippen LogP contribution is 2.19. The summed E-state index contributed by atoms with van der Waals surface area (Å²) in [5, 5.41) is 0. The third kappa shape index (κ3) is 3.51. The van der Waals surface area contributed by atoms with Gasteiger partial charge in [-0.05, 0) is 32.9 Å². The van der Waals surface area contributed by atoms with Crippen LogP contribution in [0.5, 0.6) is 0 Å². The van der Waals surface area contributed by atoms with E-state index in [1.807, 2.05) is 0 Å². The second-order valence-electron chi connectivity index (χ2n) is 4.70. The Morgan fingerprint density at radius 2 is 2.06 bits per heavy atom. The van der Waals surface area contributed by atoms with E-state index in [1.165, 1.54) is 19.2 Å². The Bertz CT molecular complexity index is 469. The van der Waals surface area contributed by atoms with Crippen LogP contribution in [0.1, 0.15) is 31.3 Å². The molecular weight excluding hydrogens is 239 g/mol. The maximum atomic E-state index is 13.6. The number of hydrogen-bond donors (Lipinski definition) is 0. The summed E-state index contributed by atoms with van der Waals surface area (Å²) < 4.78 is 18.6. The topological polar surface area (TPSA) is 59.5 Å². The van der Waals surface area contributed by atoms with Crippen molar-refractivity contribution >= 4 is 18.1 Å². The van der Waals surface area contributed by atoms with E-state index >= 15 is 0 Å². The van der Waals surface area contributed by atoms with Crippen LogP contribution in [0.25, 0.3) is 0 Å². The number of amides is 1. The second-order valence-corrected chi connectivity index (χ2v) is 4.70. The fourth-order valence-electron chi connectivity index (χ4n) is 1.19. The lowest BCUT2D eigenvalue weighted by atomic mass is 10.2. The van der Waals surface area contributed by atoms with Gasteiger partial charge >= 0.3 is 6.09 Å². The van der Waals surface area contributed by atoms with Crippen LogP contribution in [-0.2, 0) is 4.74 Å². The zero-order valence-electron chi connectivity index (χ0n) is 10.7. The maximum Gasteiger partial charge on any atom is 0.414 e. The van der Waals surface area contributed by atoms with Gasteiger partial charge in [0.05, 0.1) is 0 Å². The summed E-state index contributed by atoms with van der Waals surface area (Å²) in [6.45, 7) is 5.13. The van der Waals surface area contributed by atoms with Crippen molar-refractivity contribution in [3.8, 4) is 0 Å². The third-order valence-electron chi connectivity index (χ3n) is 2.00. The van der Waals surface area contributed by atoms with Crippen molar-refractivity contribution in [1.82, 2.24) is 4.98 Å². The third-order valence-corrected chi connectivity index (χ3v) is 2.00. The summed E-state index contributed by atoms with van der Waals surface area (Å²) in [7, 11) is 1.37. The molecule has 18 heavy (non-hydrogen) atoms. The largest absolute Gasteiger partial charge is 0.443 e. The number of carbonyl (C=O) groups excluding carboxylic acids is 2. The lowest BCUT2D eigenvalue weighted by Crippen LogP contribution is -2.34. The SMILES string of the molecule is CN(C(=O)OC(C)(C)C)c1ccc(C=O)nc1F. The van der Waals surface area contributed by atoms with Gasteiger partial charge in [-0.1, -0.05) is 0 Å². The van der Waals surface area contributed by atoms with Crippen molar-refractivity contribution in [2.75, 3.05) is 11.9 Å². The van der Waals surface area contributed by atoms with Crippen molar-refractivity contribution in [2.45, 2.75) is 26.4 Å². The zero-order chi connectivity index (χ0) is 13.9. The Kier molecular flexibility index (Phi) is 4.00. The van der Waals surface area contributed by atoms with Gasteiger partial charge in [0, 0.05) is 7.05 Å². The van der Waals surface area contributed by atoms with Gasteiger partial charge in [-0.2, -0.15) is 4.39 Å². The van der Waals surface area contributed by atoms with E-state index in [0.717, 1.165) is 4.90 Å². The number of anilines is 1. The Morgan fingerprint density at radius 3 is 2.50 bits per heavy atom. The van der Waals surface area contributed by atoms with E-state index in [-0.39, 0.29) is 11.4 Å². The smallest absolute Gasteiger partial charge is 0.414 e. The molecule has 5 nitrogen and oxygen atoms in total. The van der Waals surface area contributed by atoms with E-state index in [0.29, 0.717) is 6.29 Å². The van der Waals surface area contributed by atoms with Gasteiger partial charge in [-0.25, -0.2) is 9.78 Å².